The van der Waals surface area contributed by atoms with E-state index < -0.39 is 40.3 Å². The molecule has 3 aromatic rings. The molecule has 3 atom stereocenters. The first kappa shape index (κ1) is 21.3. The number of aliphatic hydroxyl groups is 2. The Hall–Kier alpha value is -1.91. The normalized spacial score (nSPS) is 19.7. The van der Waals surface area contributed by atoms with E-state index in [-0.39, 0.29) is 11.7 Å². The largest absolute Gasteiger partial charge is 0.394 e. The number of sulfone groups is 1. The van der Waals surface area contributed by atoms with E-state index in [1.165, 1.54) is 11.3 Å². The Bertz CT molecular complexity index is 1160. The summed E-state index contributed by atoms with van der Waals surface area (Å²) in [7, 11) is -3.65. The average molecular weight is 469 g/mol. The molecule has 2 heterocycles. The number of aliphatic hydroxyl groups excluding tert-OH is 2. The van der Waals surface area contributed by atoms with Crippen LogP contribution in [0.4, 0.5) is 0 Å². The lowest BCUT2D eigenvalue weighted by atomic mass is 10.0. The summed E-state index contributed by atoms with van der Waals surface area (Å²) in [5.74, 6) is -1.49. The predicted molar refractivity (Wildman–Crippen MR) is 117 cm³/mol. The molecule has 0 fully saturated rings. The van der Waals surface area contributed by atoms with Gasteiger partial charge < -0.3 is 20.5 Å². The van der Waals surface area contributed by atoms with Gasteiger partial charge in [0.25, 0.3) is 5.91 Å². The number of halogens is 1. The number of carbonyl (C=O) groups is 1. The fraction of sp³-hybridized carbons (Fsp3) is 0.350. The number of hydrogen-bond acceptors (Lipinski definition) is 6. The molecule has 0 bridgehead atoms. The van der Waals surface area contributed by atoms with E-state index in [0.717, 1.165) is 21.3 Å². The maximum absolute atomic E-state index is 12.8. The van der Waals surface area contributed by atoms with Crippen molar-refractivity contribution < 1.29 is 23.4 Å². The number of carbonyl (C=O) groups excluding carboxylic acids is 1. The van der Waals surface area contributed by atoms with Crippen LogP contribution in [0, 0.1) is 0 Å². The predicted octanol–water partition coefficient (Wildman–Crippen LogP) is 2.09. The maximum Gasteiger partial charge on any atom is 0.268 e. The minimum atomic E-state index is -3.65. The number of H-pyrrole nitrogens is 1. The highest BCUT2D eigenvalue weighted by Crippen LogP contribution is 2.35. The third-order valence-electron chi connectivity index (χ3n) is 5.31. The molecule has 2 aromatic heterocycles. The summed E-state index contributed by atoms with van der Waals surface area (Å²) in [6.07, 6.45) is -0.802. The Kier molecular flexibility index (Phi) is 5.91. The zero-order valence-electron chi connectivity index (χ0n) is 15.8. The third-order valence-corrected chi connectivity index (χ3v) is 8.27. The third kappa shape index (κ3) is 4.40. The van der Waals surface area contributed by atoms with Crippen molar-refractivity contribution in [3.8, 4) is 0 Å². The standard InChI is InChI=1S/C20H21ClN2O5S2/c21-18-7-12-6-17(23-20(12)29-18)19(26)22-16-5-11-3-1-2-4-14(11)15(16)10-30(27,28)9-13(25)8-24/h1-4,6-7,13,15-16,23-25H,5,8-10H2,(H,22,26)/t13?,15-,16-/m1/s1. The molecule has 4 N–H and O–H groups in total. The maximum atomic E-state index is 12.8. The van der Waals surface area contributed by atoms with Crippen LogP contribution in [-0.4, -0.2) is 59.8 Å². The van der Waals surface area contributed by atoms with Crippen molar-refractivity contribution in [3.63, 3.8) is 0 Å². The molecule has 0 aliphatic heterocycles. The molecule has 1 unspecified atom stereocenters. The zero-order valence-corrected chi connectivity index (χ0v) is 18.2. The summed E-state index contributed by atoms with van der Waals surface area (Å²) >= 11 is 7.33. The van der Waals surface area contributed by atoms with Crippen molar-refractivity contribution in [2.24, 2.45) is 0 Å². The summed E-state index contributed by atoms with van der Waals surface area (Å²) < 4.78 is 25.8. The Balaban J connectivity index is 1.56. The molecule has 0 radical (unpaired) electrons. The number of fused-ring (bicyclic) bond motifs is 2. The lowest BCUT2D eigenvalue weighted by molar-refractivity contribution is 0.0930. The molecule has 1 aliphatic carbocycles. The molecular weight excluding hydrogens is 448 g/mol. The van der Waals surface area contributed by atoms with Crippen molar-refractivity contribution in [3.05, 3.63) is 57.6 Å². The molecule has 1 aliphatic rings. The number of amides is 1. The number of thiophene rings is 1. The second-order valence-corrected chi connectivity index (χ2v) is 11.4. The summed E-state index contributed by atoms with van der Waals surface area (Å²) in [5.41, 5.74) is 2.26. The van der Waals surface area contributed by atoms with Gasteiger partial charge in [-0.05, 0) is 29.7 Å². The first-order chi connectivity index (χ1) is 14.3. The molecule has 30 heavy (non-hydrogen) atoms. The minimum absolute atomic E-state index is 0.221. The number of hydrogen-bond donors (Lipinski definition) is 4. The Morgan fingerprint density at radius 1 is 1.33 bits per heavy atom. The first-order valence-electron chi connectivity index (χ1n) is 9.42. The topological polar surface area (TPSA) is 119 Å². The van der Waals surface area contributed by atoms with Crippen LogP contribution in [-0.2, 0) is 16.3 Å². The quantitative estimate of drug-likeness (QED) is 0.423. The van der Waals surface area contributed by atoms with Crippen molar-refractivity contribution in [1.82, 2.24) is 10.3 Å². The van der Waals surface area contributed by atoms with E-state index in [9.17, 15) is 18.3 Å². The molecule has 0 saturated carbocycles. The minimum Gasteiger partial charge on any atom is -0.394 e. The van der Waals surface area contributed by atoms with Crippen molar-refractivity contribution in [1.29, 1.82) is 0 Å². The van der Waals surface area contributed by atoms with Crippen molar-refractivity contribution >= 4 is 48.9 Å². The highest BCUT2D eigenvalue weighted by atomic mass is 35.5. The Morgan fingerprint density at radius 3 is 2.83 bits per heavy atom. The van der Waals surface area contributed by atoms with Crippen LogP contribution in [0.5, 0.6) is 0 Å². The summed E-state index contributed by atoms with van der Waals surface area (Å²) in [6.45, 7) is -0.616. The zero-order chi connectivity index (χ0) is 21.5. The van der Waals surface area contributed by atoms with E-state index in [4.69, 9.17) is 16.7 Å². The highest BCUT2D eigenvalue weighted by Gasteiger charge is 2.37. The lowest BCUT2D eigenvalue weighted by Crippen LogP contribution is -2.41. The monoisotopic (exact) mass is 468 g/mol. The molecule has 4 rings (SSSR count). The van der Waals surface area contributed by atoms with Crippen LogP contribution in [0.15, 0.2) is 36.4 Å². The van der Waals surface area contributed by atoms with Gasteiger partial charge in [-0.3, -0.25) is 4.79 Å². The van der Waals surface area contributed by atoms with Crippen LogP contribution in [0.25, 0.3) is 10.2 Å². The lowest BCUT2D eigenvalue weighted by Gasteiger charge is -2.22. The fourth-order valence-electron chi connectivity index (χ4n) is 3.98. The number of aromatic amines is 1. The van der Waals surface area contributed by atoms with Gasteiger partial charge in [-0.25, -0.2) is 8.42 Å². The van der Waals surface area contributed by atoms with Crippen molar-refractivity contribution in [2.45, 2.75) is 24.5 Å². The van der Waals surface area contributed by atoms with E-state index in [1.807, 2.05) is 24.3 Å². The number of benzene rings is 1. The van der Waals surface area contributed by atoms with Gasteiger partial charge in [-0.1, -0.05) is 35.9 Å². The molecule has 1 amide bonds. The Labute approximate surface area is 182 Å². The van der Waals surface area contributed by atoms with E-state index in [2.05, 4.69) is 10.3 Å². The first-order valence-corrected chi connectivity index (χ1v) is 12.4. The van der Waals surface area contributed by atoms with Crippen LogP contribution >= 0.6 is 22.9 Å². The van der Waals surface area contributed by atoms with Crippen LogP contribution in [0.2, 0.25) is 4.34 Å². The molecular formula is C20H21ClN2O5S2. The molecule has 0 spiro atoms. The molecule has 0 saturated heterocycles. The van der Waals surface area contributed by atoms with Crippen LogP contribution in [0.1, 0.15) is 27.5 Å². The molecule has 10 heteroatoms. The van der Waals surface area contributed by atoms with Crippen molar-refractivity contribution in [2.75, 3.05) is 18.1 Å². The van der Waals surface area contributed by atoms with Gasteiger partial charge in [0.05, 0.1) is 28.6 Å². The molecule has 1 aromatic carbocycles. The fourth-order valence-corrected chi connectivity index (χ4v) is 6.90. The number of rotatable bonds is 7. The van der Waals surface area contributed by atoms with Gasteiger partial charge in [0.1, 0.15) is 10.5 Å². The number of aromatic nitrogens is 1. The van der Waals surface area contributed by atoms with E-state index >= 15 is 0 Å². The second kappa shape index (κ2) is 8.32. The summed E-state index contributed by atoms with van der Waals surface area (Å²) in [5, 5.41) is 22.4. The molecule has 7 nitrogen and oxygen atoms in total. The smallest absolute Gasteiger partial charge is 0.268 e. The number of nitrogens with one attached hydrogen (secondary N) is 2. The van der Waals surface area contributed by atoms with E-state index in [1.54, 1.807) is 12.1 Å². The average Bonchev–Trinajstić information content (AvgIpc) is 3.32. The van der Waals surface area contributed by atoms with E-state index in [0.29, 0.717) is 16.5 Å². The van der Waals surface area contributed by atoms with Gasteiger partial charge in [-0.2, -0.15) is 0 Å². The van der Waals surface area contributed by atoms with Crippen LogP contribution < -0.4 is 5.32 Å². The van der Waals surface area contributed by atoms with Gasteiger partial charge in [0.15, 0.2) is 9.84 Å². The van der Waals surface area contributed by atoms with Gasteiger partial charge >= 0.3 is 0 Å². The van der Waals surface area contributed by atoms with Gasteiger partial charge in [-0.15, -0.1) is 11.3 Å². The Morgan fingerprint density at radius 2 is 2.10 bits per heavy atom. The SMILES string of the molecule is O=C(N[C@@H]1Cc2ccccc2[C@H]1CS(=O)(=O)CC(O)CO)c1cc2cc(Cl)sc2[nH]1. The second-order valence-electron chi connectivity index (χ2n) is 7.52. The summed E-state index contributed by atoms with van der Waals surface area (Å²) in [6, 6.07) is 10.6. The van der Waals surface area contributed by atoms with Crippen LogP contribution in [0.3, 0.4) is 0 Å². The van der Waals surface area contributed by atoms with Gasteiger partial charge in [0.2, 0.25) is 0 Å². The molecule has 160 valence electrons. The highest BCUT2D eigenvalue weighted by molar-refractivity contribution is 7.91. The summed E-state index contributed by atoms with van der Waals surface area (Å²) in [4.78, 5) is 16.7. The van der Waals surface area contributed by atoms with Gasteiger partial charge in [0, 0.05) is 17.3 Å².